The van der Waals surface area contributed by atoms with Crippen molar-refractivity contribution < 1.29 is 10.6 Å². The van der Waals surface area contributed by atoms with Crippen molar-refractivity contribution in [3.8, 4) is 0 Å². The Kier molecular flexibility index (Phi) is 0.865. The standard InChI is InChI=1S/C3H6N4OS/c8-2-1-7-3(9)4-5-6-7/h8H,1-2H2,(H,4,6,9)/i1D2,2D2. The Morgan fingerprint density at radius 2 is 2.78 bits per heavy atom. The van der Waals surface area contributed by atoms with Gasteiger partial charge in [-0.1, -0.05) is 10.3 Å². The molecule has 6 heteroatoms. The molecule has 0 fully saturated rings. The van der Waals surface area contributed by atoms with Gasteiger partial charge in [-0.2, -0.15) is 5.21 Å². The van der Waals surface area contributed by atoms with Crippen LogP contribution in [0.15, 0.2) is 0 Å². The number of aromatic amines is 1. The molecule has 9 heavy (non-hydrogen) atoms. The normalized spacial score (nSPS) is 19.7. The Morgan fingerprint density at radius 3 is 3.22 bits per heavy atom. The average Bonchev–Trinajstić information content (AvgIpc) is 2.32. The van der Waals surface area contributed by atoms with E-state index < -0.39 is 13.1 Å². The van der Waals surface area contributed by atoms with Crippen molar-refractivity contribution in [3.63, 3.8) is 0 Å². The number of nitrogens with one attached hydrogen (secondary N) is 1. The van der Waals surface area contributed by atoms with Crippen molar-refractivity contribution in [2.24, 2.45) is 0 Å². The molecule has 0 aliphatic heterocycles. The molecule has 0 saturated carbocycles. The lowest BCUT2D eigenvalue weighted by Crippen LogP contribution is -2.03. The number of H-pyrrole nitrogens is 1. The van der Waals surface area contributed by atoms with E-state index in [1.165, 1.54) is 0 Å². The minimum Gasteiger partial charge on any atom is -0.394 e. The van der Waals surface area contributed by atoms with Crippen molar-refractivity contribution in [2.75, 3.05) is 6.56 Å². The fourth-order valence-electron chi connectivity index (χ4n) is 0.320. The van der Waals surface area contributed by atoms with E-state index >= 15 is 0 Å². The first-order chi connectivity index (χ1) is 5.77. The summed E-state index contributed by atoms with van der Waals surface area (Å²) in [6, 6.07) is 0. The van der Waals surface area contributed by atoms with Gasteiger partial charge in [0.25, 0.3) is 0 Å². The van der Waals surface area contributed by atoms with Gasteiger partial charge in [-0.25, -0.2) is 4.68 Å². The van der Waals surface area contributed by atoms with Crippen LogP contribution in [-0.4, -0.2) is 31.9 Å². The molecule has 0 aliphatic rings. The van der Waals surface area contributed by atoms with Gasteiger partial charge in [0.15, 0.2) is 0 Å². The number of hydrogen-bond acceptors (Lipinski definition) is 4. The molecule has 0 bridgehead atoms. The van der Waals surface area contributed by atoms with E-state index in [1.54, 1.807) is 0 Å². The van der Waals surface area contributed by atoms with Gasteiger partial charge in [-0.15, -0.1) is 0 Å². The van der Waals surface area contributed by atoms with Gasteiger partial charge in [0.1, 0.15) is 0 Å². The van der Waals surface area contributed by atoms with Crippen LogP contribution in [0.2, 0.25) is 0 Å². The van der Waals surface area contributed by atoms with Crippen LogP contribution in [0.4, 0.5) is 0 Å². The molecule has 0 spiro atoms. The molecule has 1 heterocycles. The lowest BCUT2D eigenvalue weighted by Gasteiger charge is -1.92. The summed E-state index contributed by atoms with van der Waals surface area (Å²) >= 11 is 4.54. The zero-order valence-corrected chi connectivity index (χ0v) is 5.01. The van der Waals surface area contributed by atoms with Gasteiger partial charge in [-0.3, -0.25) is 0 Å². The van der Waals surface area contributed by atoms with E-state index in [1.807, 2.05) is 5.21 Å². The molecule has 0 aliphatic carbocycles. The summed E-state index contributed by atoms with van der Waals surface area (Å²) in [5.74, 6) is 0. The van der Waals surface area contributed by atoms with E-state index in [9.17, 15) is 0 Å². The monoisotopic (exact) mass is 150 g/mol. The van der Waals surface area contributed by atoms with E-state index in [-0.39, 0.29) is 4.77 Å². The summed E-state index contributed by atoms with van der Waals surface area (Å²) in [6.45, 7) is -5.80. The smallest absolute Gasteiger partial charge is 0.238 e. The fourth-order valence-corrected chi connectivity index (χ4v) is 0.447. The molecule has 0 aromatic carbocycles. The Hall–Kier alpha value is -0.750. The highest BCUT2D eigenvalue weighted by Crippen LogP contribution is 1.79. The Bertz CT molecular complexity index is 353. The highest BCUT2D eigenvalue weighted by Gasteiger charge is 1.90. The van der Waals surface area contributed by atoms with Gasteiger partial charge in [-0.05, 0) is 12.2 Å². The largest absolute Gasteiger partial charge is 0.394 e. The predicted octanol–water partition coefficient (Wildman–Crippen LogP) is -0.672. The van der Waals surface area contributed by atoms with E-state index in [0.717, 1.165) is 0 Å². The fraction of sp³-hybridized carbons (Fsp3) is 0.667. The molecule has 0 radical (unpaired) electrons. The first kappa shape index (κ1) is 2.89. The van der Waals surface area contributed by atoms with Crippen molar-refractivity contribution in [1.29, 1.82) is 0 Å². The van der Waals surface area contributed by atoms with E-state index in [0.29, 0.717) is 4.68 Å². The number of tetrazole rings is 1. The second kappa shape index (κ2) is 2.70. The van der Waals surface area contributed by atoms with Gasteiger partial charge in [0.05, 0.1) is 18.5 Å². The first-order valence-corrected chi connectivity index (χ1v) is 2.40. The summed E-state index contributed by atoms with van der Waals surface area (Å²) in [6.07, 6.45) is 0. The lowest BCUT2D eigenvalue weighted by molar-refractivity contribution is 0.267. The molecule has 1 aromatic rings. The highest BCUT2D eigenvalue weighted by molar-refractivity contribution is 7.71. The Morgan fingerprint density at radius 1 is 2.00 bits per heavy atom. The maximum atomic E-state index is 8.86. The topological polar surface area (TPSA) is 66.7 Å². The summed E-state index contributed by atoms with van der Waals surface area (Å²) < 4.78 is 28.3. The molecule has 50 valence electrons. The quantitative estimate of drug-likeness (QED) is 0.549. The average molecular weight is 150 g/mol. The van der Waals surface area contributed by atoms with Crippen LogP contribution in [0.25, 0.3) is 0 Å². The van der Waals surface area contributed by atoms with Crippen LogP contribution in [0.3, 0.4) is 0 Å². The minimum absolute atomic E-state index is 0.275. The number of aliphatic hydroxyl groups is 1. The van der Waals surface area contributed by atoms with Crippen LogP contribution in [0.1, 0.15) is 5.48 Å². The zero-order chi connectivity index (χ0) is 10.3. The van der Waals surface area contributed by atoms with Gasteiger partial charge in [0.2, 0.25) is 4.77 Å². The lowest BCUT2D eigenvalue weighted by atomic mass is 10.7. The Labute approximate surface area is 61.9 Å². The first-order valence-electron chi connectivity index (χ1n) is 4.00. The molecule has 0 atom stereocenters. The summed E-state index contributed by atoms with van der Waals surface area (Å²) in [5, 5.41) is 17.3. The van der Waals surface area contributed by atoms with Crippen LogP contribution >= 0.6 is 12.2 Å². The molecular weight excluding hydrogens is 140 g/mol. The second-order valence-electron chi connectivity index (χ2n) is 1.14. The third-order valence-corrected chi connectivity index (χ3v) is 0.898. The number of nitrogens with zero attached hydrogens (tertiary/aromatic N) is 3. The van der Waals surface area contributed by atoms with E-state index in [2.05, 4.69) is 22.5 Å². The second-order valence-corrected chi connectivity index (χ2v) is 1.51. The maximum absolute atomic E-state index is 8.86. The van der Waals surface area contributed by atoms with Crippen LogP contribution in [0.5, 0.6) is 0 Å². The van der Waals surface area contributed by atoms with Crippen molar-refractivity contribution in [2.45, 2.75) is 6.50 Å². The molecular formula is C3H6N4OS. The third kappa shape index (κ3) is 1.33. The van der Waals surface area contributed by atoms with Crippen molar-refractivity contribution >= 4 is 12.2 Å². The maximum Gasteiger partial charge on any atom is 0.238 e. The molecule has 5 nitrogen and oxygen atoms in total. The zero-order valence-electron chi connectivity index (χ0n) is 8.20. The summed E-state index contributed by atoms with van der Waals surface area (Å²) in [5.41, 5.74) is 0. The molecule has 0 unspecified atom stereocenters. The predicted molar refractivity (Wildman–Crippen MR) is 32.3 cm³/mol. The van der Waals surface area contributed by atoms with Gasteiger partial charge >= 0.3 is 0 Å². The van der Waals surface area contributed by atoms with Gasteiger partial charge < -0.3 is 5.11 Å². The van der Waals surface area contributed by atoms with Gasteiger partial charge in [0, 0.05) is 0 Å². The summed E-state index contributed by atoms with van der Waals surface area (Å²) in [7, 11) is 0. The summed E-state index contributed by atoms with van der Waals surface area (Å²) in [4.78, 5) is 0. The van der Waals surface area contributed by atoms with Crippen LogP contribution in [0, 0.1) is 4.77 Å². The minimum atomic E-state index is -3.07. The number of rotatable bonds is 2. The molecule has 0 amide bonds. The molecule has 1 rings (SSSR count). The number of aryl methyl sites for hydroxylation is 1. The highest BCUT2D eigenvalue weighted by atomic mass is 32.1. The van der Waals surface area contributed by atoms with Crippen LogP contribution in [-0.2, 0) is 6.50 Å². The van der Waals surface area contributed by atoms with Crippen molar-refractivity contribution in [3.05, 3.63) is 4.77 Å². The third-order valence-electron chi connectivity index (χ3n) is 0.633. The van der Waals surface area contributed by atoms with Crippen molar-refractivity contribution in [1.82, 2.24) is 20.2 Å². The number of hydrogen-bond donors (Lipinski definition) is 2. The Balaban J connectivity index is 3.23. The molecule has 2 N–H and O–H groups in total. The van der Waals surface area contributed by atoms with E-state index in [4.69, 9.17) is 10.6 Å². The number of aromatic nitrogens is 4. The molecule has 0 saturated heterocycles. The SMILES string of the molecule is [2H]C([2H])(O)C([2H])([2H])n1[nH]nnc1=S. The molecule has 1 aromatic heterocycles. The van der Waals surface area contributed by atoms with Crippen LogP contribution < -0.4 is 0 Å².